The van der Waals surface area contributed by atoms with E-state index in [1.54, 1.807) is 27.7 Å². The van der Waals surface area contributed by atoms with Gasteiger partial charge in [0.15, 0.2) is 23.3 Å². The lowest BCUT2D eigenvalue weighted by atomic mass is 9.95. The second-order valence-electron chi connectivity index (χ2n) is 38.0. The van der Waals surface area contributed by atoms with Crippen molar-refractivity contribution in [3.8, 4) is 44.5 Å². The molecule has 133 heavy (non-hydrogen) atoms. The molecule has 0 saturated carbocycles. The molecule has 0 spiro atoms. The first kappa shape index (κ1) is 87.2. The van der Waals surface area contributed by atoms with Crippen LogP contribution in [0.4, 0.5) is 46.0 Å². The molecule has 694 valence electrons. The smallest absolute Gasteiger partial charge is 0.219 e. The molecule has 4 fully saturated rings. The van der Waals surface area contributed by atoms with Crippen LogP contribution in [0.5, 0.6) is 0 Å². The molecule has 32 nitrogen and oxygen atoms in total. The van der Waals surface area contributed by atoms with Crippen LogP contribution in [0.3, 0.4) is 0 Å². The largest absolute Gasteiger partial charge is 0.379 e. The molecular weight excluding hydrogens is 1680 g/mol. The molecule has 5 atom stereocenters. The van der Waals surface area contributed by atoms with Crippen LogP contribution < -0.4 is 19.6 Å². The fourth-order valence-corrected chi connectivity index (χ4v) is 22.2. The maximum atomic E-state index is 12.2. The van der Waals surface area contributed by atoms with Gasteiger partial charge in [0, 0.05) is 281 Å². The molecule has 32 heteroatoms. The molecule has 0 bridgehead atoms. The molecular formula is C101H122N24O8. The molecule has 20 heterocycles. The van der Waals surface area contributed by atoms with Crippen LogP contribution in [0.25, 0.3) is 44.5 Å². The Morgan fingerprint density at radius 3 is 0.962 bits per heavy atom. The van der Waals surface area contributed by atoms with Gasteiger partial charge in [0.1, 0.15) is 0 Å². The predicted molar refractivity (Wildman–Crippen MR) is 507 cm³/mol. The number of aromatic nitrogens is 16. The zero-order chi connectivity index (χ0) is 91.0. The lowest BCUT2D eigenvalue weighted by Gasteiger charge is -2.32. The minimum atomic E-state index is 0.126. The Hall–Kier alpha value is -12.5. The number of benzene rings is 4. The van der Waals surface area contributed by atoms with E-state index in [1.807, 2.05) is 91.3 Å². The first-order valence-electron chi connectivity index (χ1n) is 48.1. The SMILES string of the molecule is CC(=O)N1CCc2c(c(N3CCCc4cc(-c5cnn(C)c5)ccc43)nn2[C@@H]2CCOC2)C1.CC(=O)N1CCc2c(c(N3CCCc4cc(-c5cnn(C)c5)ccc43)nn2[C@H]2CCOC2)C1.CC(=O)N1CCc2c(c(N3CCCc4ccc(-c5cnn(C)c5)cc43)nn2C2CCOC2)C1.CCC1CN(c2nn(C3CCOC3)c3c2CN(C(C)=O)CC3)c2ccc(-c3cnn(C)c3)cc21. The average molecular weight is 1800 g/mol. The van der Waals surface area contributed by atoms with Crippen molar-refractivity contribution in [3.63, 3.8) is 0 Å². The lowest BCUT2D eigenvalue weighted by molar-refractivity contribution is -0.130. The van der Waals surface area contributed by atoms with Gasteiger partial charge in [-0.15, -0.1) is 0 Å². The summed E-state index contributed by atoms with van der Waals surface area (Å²) in [6.07, 6.45) is 30.7. The van der Waals surface area contributed by atoms with Crippen LogP contribution in [-0.2, 0) is 137 Å². The Morgan fingerprint density at radius 1 is 0.338 bits per heavy atom. The van der Waals surface area contributed by atoms with Crippen LogP contribution >= 0.6 is 0 Å². The van der Waals surface area contributed by atoms with Crippen LogP contribution in [0.2, 0.25) is 0 Å². The fraction of sp³-hybridized carbons (Fsp3) is 0.485. The van der Waals surface area contributed by atoms with E-state index >= 15 is 0 Å². The number of carbonyl (C=O) groups is 4. The highest BCUT2D eigenvalue weighted by atomic mass is 16.5. The van der Waals surface area contributed by atoms with Crippen LogP contribution in [0.15, 0.2) is 122 Å². The average Bonchev–Trinajstić information content (AvgIpc) is 1.55. The van der Waals surface area contributed by atoms with E-state index in [4.69, 9.17) is 39.3 Å². The standard InChI is InChI=1S/C26H32N6O2.3C25H30N6O2/c1-4-18-14-31(24-6-5-19(11-22(18)24)20-12-27-29(3)13-20)26-23-15-30(17(2)33)9-7-25(23)32(28-26)21-8-10-34-16-21;2*1-17(32)29-10-7-24-22(15-29)25(27-31(24)21-8-11-33-16-21)30-9-3-4-19-12-18(5-6-23(19)30)20-13-26-28(2)14-20;1-17(32)29-10-7-23-22(15-29)25(27-31(23)21-8-11-33-16-21)30-9-3-4-18-5-6-19(12-24(18)30)20-13-26-28(2)14-20/h5-6,11-13,18,21H,4,7-10,14-16H2,1-3H3;3*5-6,12-14,21H,3-4,7-11,15-16H2,1-2H3/t;2*21-;/m.10./s1. The van der Waals surface area contributed by atoms with Gasteiger partial charge in [0.25, 0.3) is 0 Å². The third-order valence-electron chi connectivity index (χ3n) is 29.5. The van der Waals surface area contributed by atoms with E-state index < -0.39 is 0 Å². The van der Waals surface area contributed by atoms with E-state index in [-0.39, 0.29) is 47.8 Å². The predicted octanol–water partition coefficient (Wildman–Crippen LogP) is 13.5. The summed E-state index contributed by atoms with van der Waals surface area (Å²) in [5, 5.41) is 38.1. The number of amides is 4. The van der Waals surface area contributed by atoms with Gasteiger partial charge in [-0.2, -0.15) is 40.8 Å². The molecule has 0 N–H and O–H groups in total. The molecule has 24 rings (SSSR count). The minimum absolute atomic E-state index is 0.126. The maximum Gasteiger partial charge on any atom is 0.219 e. The van der Waals surface area contributed by atoms with Crippen molar-refractivity contribution in [1.82, 2.24) is 97.8 Å². The number of carbonyl (C=O) groups excluding carboxylic acids is 4. The van der Waals surface area contributed by atoms with Gasteiger partial charge >= 0.3 is 0 Å². The molecule has 8 aromatic heterocycles. The quantitative estimate of drug-likeness (QED) is 0.104. The van der Waals surface area contributed by atoms with Gasteiger partial charge in [-0.25, -0.2) is 0 Å². The van der Waals surface area contributed by atoms with E-state index in [0.717, 1.165) is 239 Å². The highest BCUT2D eigenvalue weighted by molar-refractivity contribution is 5.82. The topological polar surface area (TPSA) is 274 Å². The Kier molecular flexibility index (Phi) is 24.1. The summed E-state index contributed by atoms with van der Waals surface area (Å²) in [4.78, 5) is 66.1. The Morgan fingerprint density at radius 2 is 0.647 bits per heavy atom. The second kappa shape index (κ2) is 36.8. The van der Waals surface area contributed by atoms with Gasteiger partial charge in [-0.05, 0) is 158 Å². The number of aryl methyl sites for hydroxylation is 7. The third-order valence-corrected chi connectivity index (χ3v) is 29.5. The highest BCUT2D eigenvalue weighted by Crippen LogP contribution is 2.50. The molecule has 4 amide bonds. The lowest BCUT2D eigenvalue weighted by Crippen LogP contribution is -2.35. The molecule has 12 aromatic rings. The summed E-state index contributed by atoms with van der Waals surface area (Å²) in [6, 6.07) is 28.0. The van der Waals surface area contributed by atoms with Crippen molar-refractivity contribution in [3.05, 3.63) is 190 Å². The van der Waals surface area contributed by atoms with E-state index in [1.165, 1.54) is 107 Å². The molecule has 12 aliphatic heterocycles. The summed E-state index contributed by atoms with van der Waals surface area (Å²) < 4.78 is 39.0. The summed E-state index contributed by atoms with van der Waals surface area (Å²) in [6.45, 7) is 24.2. The first-order valence-corrected chi connectivity index (χ1v) is 48.1. The van der Waals surface area contributed by atoms with E-state index in [2.05, 4.69) is 163 Å². The van der Waals surface area contributed by atoms with Crippen LogP contribution in [0, 0.1) is 0 Å². The van der Waals surface area contributed by atoms with Crippen molar-refractivity contribution >= 4 is 69.6 Å². The van der Waals surface area contributed by atoms with Crippen molar-refractivity contribution < 1.29 is 38.1 Å². The third kappa shape index (κ3) is 17.0. The van der Waals surface area contributed by atoms with Crippen molar-refractivity contribution in [2.75, 3.05) is 125 Å². The zero-order valence-electron chi connectivity index (χ0n) is 78.2. The second-order valence-corrected chi connectivity index (χ2v) is 38.0. The molecule has 0 radical (unpaired) electrons. The van der Waals surface area contributed by atoms with Crippen molar-refractivity contribution in [2.45, 2.75) is 187 Å². The number of rotatable bonds is 13. The number of fused-ring (bicyclic) bond motifs is 8. The van der Waals surface area contributed by atoms with Gasteiger partial charge in [0.2, 0.25) is 23.6 Å². The normalized spacial score (nSPS) is 20.5. The van der Waals surface area contributed by atoms with Gasteiger partial charge < -0.3 is 58.1 Å². The molecule has 12 aliphatic rings. The summed E-state index contributed by atoms with van der Waals surface area (Å²) in [5.74, 6) is 4.99. The van der Waals surface area contributed by atoms with Gasteiger partial charge in [0.05, 0.1) is 102 Å². The van der Waals surface area contributed by atoms with Crippen LogP contribution in [0.1, 0.15) is 183 Å². The monoisotopic (exact) mass is 1800 g/mol. The van der Waals surface area contributed by atoms with Crippen molar-refractivity contribution in [2.24, 2.45) is 28.2 Å². The Bertz CT molecular complexity index is 6180. The Balaban J connectivity index is 0.000000107. The van der Waals surface area contributed by atoms with E-state index in [9.17, 15) is 19.2 Å². The number of hydrogen-bond donors (Lipinski definition) is 0. The molecule has 3 unspecified atom stereocenters. The summed E-state index contributed by atoms with van der Waals surface area (Å²) in [7, 11) is 7.79. The highest BCUT2D eigenvalue weighted by Gasteiger charge is 2.42. The van der Waals surface area contributed by atoms with Gasteiger partial charge in [-0.3, -0.25) is 56.6 Å². The zero-order valence-corrected chi connectivity index (χ0v) is 78.2. The van der Waals surface area contributed by atoms with Crippen LogP contribution in [-0.4, -0.2) is 227 Å². The summed E-state index contributed by atoms with van der Waals surface area (Å²) >= 11 is 0. The molecule has 0 aliphatic carbocycles. The van der Waals surface area contributed by atoms with Gasteiger partial charge in [-0.1, -0.05) is 37.3 Å². The maximum absolute atomic E-state index is 12.2. The van der Waals surface area contributed by atoms with E-state index in [0.29, 0.717) is 45.3 Å². The minimum Gasteiger partial charge on any atom is -0.379 e. The number of ether oxygens (including phenoxy) is 4. The number of hydrogen-bond acceptors (Lipinski definition) is 20. The Labute approximate surface area is 775 Å². The molecule has 4 aromatic carbocycles. The number of nitrogens with zero attached hydrogens (tertiary/aromatic N) is 24. The number of anilines is 8. The molecule has 4 saturated heterocycles. The fourth-order valence-electron chi connectivity index (χ4n) is 22.2. The summed E-state index contributed by atoms with van der Waals surface area (Å²) in [5.41, 5.74) is 29.5. The van der Waals surface area contributed by atoms with Crippen molar-refractivity contribution in [1.29, 1.82) is 0 Å². The first-order chi connectivity index (χ1) is 64.8.